The first-order valence-electron chi connectivity index (χ1n) is 7.09. The Labute approximate surface area is 125 Å². The molecule has 0 fully saturated rings. The van der Waals surface area contributed by atoms with Crippen molar-refractivity contribution in [2.45, 2.75) is 26.3 Å². The first-order valence-corrected chi connectivity index (χ1v) is 7.47. The molecule has 0 unspecified atom stereocenters. The van der Waals surface area contributed by atoms with Gasteiger partial charge in [-0.1, -0.05) is 35.9 Å². The molecule has 20 heavy (non-hydrogen) atoms. The molecule has 0 saturated carbocycles. The van der Waals surface area contributed by atoms with Crippen LogP contribution in [0.5, 0.6) is 0 Å². The van der Waals surface area contributed by atoms with Crippen molar-refractivity contribution in [1.82, 2.24) is 0 Å². The molecular weight excluding hydrogens is 268 g/mol. The highest BCUT2D eigenvalue weighted by Gasteiger charge is 2.12. The van der Waals surface area contributed by atoms with E-state index in [0.29, 0.717) is 0 Å². The van der Waals surface area contributed by atoms with Crippen LogP contribution in [0.4, 0.5) is 11.4 Å². The van der Waals surface area contributed by atoms with Crippen LogP contribution in [0.2, 0.25) is 5.02 Å². The summed E-state index contributed by atoms with van der Waals surface area (Å²) >= 11 is 6.16. The summed E-state index contributed by atoms with van der Waals surface area (Å²) < 4.78 is 0. The molecule has 0 aliphatic carbocycles. The summed E-state index contributed by atoms with van der Waals surface area (Å²) in [6, 6.07) is 12.5. The molecule has 1 aliphatic heterocycles. The normalized spacial score (nSPS) is 13.5. The lowest BCUT2D eigenvalue weighted by atomic mass is 9.99. The Morgan fingerprint density at radius 1 is 1.20 bits per heavy atom. The number of para-hydroxylation sites is 1. The predicted molar refractivity (Wildman–Crippen MR) is 86.8 cm³/mol. The highest BCUT2D eigenvalue weighted by atomic mass is 35.5. The van der Waals surface area contributed by atoms with Crippen molar-refractivity contribution in [3.63, 3.8) is 0 Å². The van der Waals surface area contributed by atoms with E-state index in [2.05, 4.69) is 34.9 Å². The zero-order valence-electron chi connectivity index (χ0n) is 11.7. The van der Waals surface area contributed by atoms with Gasteiger partial charge in [0.15, 0.2) is 0 Å². The lowest BCUT2D eigenvalue weighted by Gasteiger charge is -2.22. The fourth-order valence-electron chi connectivity index (χ4n) is 2.72. The van der Waals surface area contributed by atoms with Crippen LogP contribution in [-0.2, 0) is 13.0 Å². The second kappa shape index (κ2) is 5.76. The van der Waals surface area contributed by atoms with Crippen LogP contribution in [-0.4, -0.2) is 6.54 Å². The molecule has 2 N–H and O–H groups in total. The molecule has 0 bridgehead atoms. The van der Waals surface area contributed by atoms with E-state index in [1.54, 1.807) is 0 Å². The number of benzene rings is 2. The van der Waals surface area contributed by atoms with E-state index in [4.69, 9.17) is 11.6 Å². The van der Waals surface area contributed by atoms with E-state index in [0.717, 1.165) is 29.4 Å². The van der Waals surface area contributed by atoms with Crippen molar-refractivity contribution in [2.75, 3.05) is 17.2 Å². The summed E-state index contributed by atoms with van der Waals surface area (Å²) in [7, 11) is 0. The monoisotopic (exact) mass is 286 g/mol. The molecule has 2 aromatic carbocycles. The van der Waals surface area contributed by atoms with E-state index in [1.165, 1.54) is 29.7 Å². The molecule has 1 aliphatic rings. The van der Waals surface area contributed by atoms with Crippen LogP contribution in [0, 0.1) is 6.92 Å². The Bertz CT molecular complexity index is 622. The third kappa shape index (κ3) is 2.61. The molecule has 2 aromatic rings. The second-order valence-corrected chi connectivity index (χ2v) is 5.65. The molecule has 3 rings (SSSR count). The van der Waals surface area contributed by atoms with Gasteiger partial charge in [0.1, 0.15) is 0 Å². The van der Waals surface area contributed by atoms with Crippen LogP contribution in [0.15, 0.2) is 36.4 Å². The molecule has 0 amide bonds. The highest BCUT2D eigenvalue weighted by molar-refractivity contribution is 6.31. The molecule has 3 heteroatoms. The second-order valence-electron chi connectivity index (χ2n) is 5.25. The smallest absolute Gasteiger partial charge is 0.0455 e. The number of fused-ring (bicyclic) bond motifs is 1. The fourth-order valence-corrected chi connectivity index (χ4v) is 2.89. The summed E-state index contributed by atoms with van der Waals surface area (Å²) in [6.45, 7) is 3.93. The molecule has 0 spiro atoms. The topological polar surface area (TPSA) is 24.1 Å². The minimum absolute atomic E-state index is 0.809. The summed E-state index contributed by atoms with van der Waals surface area (Å²) in [4.78, 5) is 0. The van der Waals surface area contributed by atoms with E-state index in [1.807, 2.05) is 19.1 Å². The van der Waals surface area contributed by atoms with Crippen LogP contribution >= 0.6 is 11.6 Å². The summed E-state index contributed by atoms with van der Waals surface area (Å²) in [6.07, 6.45) is 2.39. The number of hydrogen-bond acceptors (Lipinski definition) is 2. The average Bonchev–Trinajstić information content (AvgIpc) is 2.49. The maximum absolute atomic E-state index is 6.16. The first kappa shape index (κ1) is 13.3. The van der Waals surface area contributed by atoms with Gasteiger partial charge in [-0.15, -0.1) is 0 Å². The Balaban J connectivity index is 1.80. The first-order chi connectivity index (χ1) is 9.75. The van der Waals surface area contributed by atoms with Gasteiger partial charge in [-0.2, -0.15) is 0 Å². The van der Waals surface area contributed by atoms with Gasteiger partial charge in [0.05, 0.1) is 0 Å². The van der Waals surface area contributed by atoms with Crippen molar-refractivity contribution in [3.05, 3.63) is 58.1 Å². The Hall–Kier alpha value is -1.67. The number of rotatable bonds is 3. The standard InChI is InChI=1S/C17H19ClN2/c1-12-15(18)8-3-9-16(12)20-11-14-6-2-5-13-7-4-10-19-17(13)14/h2-3,5-6,8-9,19-20H,4,7,10-11H2,1H3. The van der Waals surface area contributed by atoms with Crippen molar-refractivity contribution < 1.29 is 0 Å². The van der Waals surface area contributed by atoms with Gasteiger partial charge in [0.25, 0.3) is 0 Å². The summed E-state index contributed by atoms with van der Waals surface area (Å²) in [5.74, 6) is 0. The van der Waals surface area contributed by atoms with Crippen molar-refractivity contribution >= 4 is 23.0 Å². The molecule has 0 radical (unpaired) electrons. The quantitative estimate of drug-likeness (QED) is 0.860. The SMILES string of the molecule is Cc1c(Cl)cccc1NCc1cccc2c1NCCC2. The lowest BCUT2D eigenvalue weighted by Crippen LogP contribution is -2.15. The van der Waals surface area contributed by atoms with Crippen LogP contribution in [0.3, 0.4) is 0 Å². The van der Waals surface area contributed by atoms with E-state index in [9.17, 15) is 0 Å². The highest BCUT2D eigenvalue weighted by Crippen LogP contribution is 2.28. The number of aryl methyl sites for hydroxylation is 1. The molecular formula is C17H19ClN2. The molecule has 1 heterocycles. The van der Waals surface area contributed by atoms with Crippen molar-refractivity contribution in [2.24, 2.45) is 0 Å². The Morgan fingerprint density at radius 2 is 2.05 bits per heavy atom. The van der Waals surface area contributed by atoms with Crippen LogP contribution in [0.25, 0.3) is 0 Å². The number of nitrogens with one attached hydrogen (secondary N) is 2. The third-order valence-corrected chi connectivity index (χ3v) is 4.31. The molecule has 104 valence electrons. The molecule has 0 aromatic heterocycles. The van der Waals surface area contributed by atoms with Crippen LogP contribution < -0.4 is 10.6 Å². The van der Waals surface area contributed by atoms with Gasteiger partial charge < -0.3 is 10.6 Å². The minimum Gasteiger partial charge on any atom is -0.385 e. The molecule has 0 saturated heterocycles. The van der Waals surface area contributed by atoms with E-state index in [-0.39, 0.29) is 0 Å². The predicted octanol–water partition coefficient (Wildman–Crippen LogP) is 4.62. The van der Waals surface area contributed by atoms with Gasteiger partial charge in [0.2, 0.25) is 0 Å². The third-order valence-electron chi connectivity index (χ3n) is 3.90. The van der Waals surface area contributed by atoms with Crippen molar-refractivity contribution in [3.8, 4) is 0 Å². The number of halogens is 1. The number of anilines is 2. The summed E-state index contributed by atoms with van der Waals surface area (Å²) in [5.41, 5.74) is 6.27. The average molecular weight is 287 g/mol. The fraction of sp³-hybridized carbons (Fsp3) is 0.294. The molecule has 0 atom stereocenters. The van der Waals surface area contributed by atoms with Gasteiger partial charge in [-0.25, -0.2) is 0 Å². The maximum atomic E-state index is 6.16. The van der Waals surface area contributed by atoms with Gasteiger partial charge >= 0.3 is 0 Å². The maximum Gasteiger partial charge on any atom is 0.0455 e. The van der Waals surface area contributed by atoms with Crippen LogP contribution in [0.1, 0.15) is 23.1 Å². The zero-order chi connectivity index (χ0) is 13.9. The van der Waals surface area contributed by atoms with Crippen molar-refractivity contribution in [1.29, 1.82) is 0 Å². The van der Waals surface area contributed by atoms with E-state index >= 15 is 0 Å². The Kier molecular flexibility index (Phi) is 3.83. The largest absolute Gasteiger partial charge is 0.385 e. The minimum atomic E-state index is 0.809. The van der Waals surface area contributed by atoms with Gasteiger partial charge in [-0.3, -0.25) is 0 Å². The number of hydrogen-bond donors (Lipinski definition) is 2. The van der Waals surface area contributed by atoms with Gasteiger partial charge in [-0.05, 0) is 48.6 Å². The molecule has 2 nitrogen and oxygen atoms in total. The zero-order valence-corrected chi connectivity index (χ0v) is 12.4. The van der Waals surface area contributed by atoms with E-state index < -0.39 is 0 Å². The van der Waals surface area contributed by atoms with Gasteiger partial charge in [0, 0.05) is 29.5 Å². The summed E-state index contributed by atoms with van der Waals surface area (Å²) in [5, 5.41) is 7.83. The lowest BCUT2D eigenvalue weighted by molar-refractivity contribution is 0.825. The Morgan fingerprint density at radius 3 is 2.95 bits per heavy atom.